The zero-order valence-electron chi connectivity index (χ0n) is 12.0. The van der Waals surface area contributed by atoms with Crippen LogP contribution >= 0.6 is 0 Å². The van der Waals surface area contributed by atoms with Crippen LogP contribution in [0.4, 0.5) is 10.3 Å². The van der Waals surface area contributed by atoms with Crippen LogP contribution in [-0.4, -0.2) is 29.0 Å². The fraction of sp³-hybridized carbons (Fsp3) is 0.267. The van der Waals surface area contributed by atoms with E-state index in [9.17, 15) is 9.18 Å². The normalized spacial score (nSPS) is 10.4. The van der Waals surface area contributed by atoms with Crippen molar-refractivity contribution in [1.29, 1.82) is 0 Å². The Morgan fingerprint density at radius 2 is 1.81 bits per heavy atom. The number of carbonyl (C=O) groups is 1. The van der Waals surface area contributed by atoms with Gasteiger partial charge in [-0.25, -0.2) is 14.4 Å². The van der Waals surface area contributed by atoms with Gasteiger partial charge in [0, 0.05) is 18.7 Å². The number of amides is 1. The molecule has 2 aromatic rings. The van der Waals surface area contributed by atoms with Gasteiger partial charge < -0.3 is 10.6 Å². The molecule has 0 unspecified atom stereocenters. The zero-order valence-corrected chi connectivity index (χ0v) is 12.0. The van der Waals surface area contributed by atoms with E-state index >= 15 is 0 Å². The third-order valence-corrected chi connectivity index (χ3v) is 3.15. The summed E-state index contributed by atoms with van der Waals surface area (Å²) in [5, 5.41) is 0. The van der Waals surface area contributed by atoms with Crippen molar-refractivity contribution in [2.45, 2.75) is 13.8 Å². The van der Waals surface area contributed by atoms with Crippen LogP contribution in [-0.2, 0) is 0 Å². The van der Waals surface area contributed by atoms with Gasteiger partial charge >= 0.3 is 0 Å². The molecule has 0 radical (unpaired) electrons. The first kappa shape index (κ1) is 14.9. The summed E-state index contributed by atoms with van der Waals surface area (Å²) in [4.78, 5) is 22.0. The molecule has 5 nitrogen and oxygen atoms in total. The second kappa shape index (κ2) is 6.30. The lowest BCUT2D eigenvalue weighted by atomic mass is 10.1. The molecule has 0 spiro atoms. The summed E-state index contributed by atoms with van der Waals surface area (Å²) in [5.41, 5.74) is 6.72. The molecule has 1 aromatic heterocycles. The maximum atomic E-state index is 13.0. The minimum absolute atomic E-state index is 0.145. The van der Waals surface area contributed by atoms with Crippen LogP contribution in [0.5, 0.6) is 0 Å². The Morgan fingerprint density at radius 1 is 1.19 bits per heavy atom. The smallest absolute Gasteiger partial charge is 0.267 e. The number of hydrogen-bond acceptors (Lipinski definition) is 4. The first-order valence-electron chi connectivity index (χ1n) is 6.75. The van der Waals surface area contributed by atoms with E-state index in [-0.39, 0.29) is 11.5 Å². The fourth-order valence-electron chi connectivity index (χ4n) is 1.98. The molecule has 0 aliphatic rings. The van der Waals surface area contributed by atoms with Gasteiger partial charge in [0.05, 0.1) is 5.69 Å². The summed E-state index contributed by atoms with van der Waals surface area (Å²) in [6.07, 6.45) is 0. The molecule has 0 aliphatic carbocycles. The predicted molar refractivity (Wildman–Crippen MR) is 79.5 cm³/mol. The summed E-state index contributed by atoms with van der Waals surface area (Å²) in [7, 11) is 0. The van der Waals surface area contributed by atoms with E-state index in [2.05, 4.69) is 9.97 Å². The lowest BCUT2D eigenvalue weighted by Crippen LogP contribution is -2.26. The highest BCUT2D eigenvalue weighted by Gasteiger charge is 2.13. The van der Waals surface area contributed by atoms with E-state index in [4.69, 9.17) is 5.73 Å². The lowest BCUT2D eigenvalue weighted by Gasteiger charge is -2.19. The van der Waals surface area contributed by atoms with Crippen molar-refractivity contribution < 1.29 is 9.18 Å². The molecule has 21 heavy (non-hydrogen) atoms. The van der Waals surface area contributed by atoms with Crippen LogP contribution in [0.25, 0.3) is 11.3 Å². The summed E-state index contributed by atoms with van der Waals surface area (Å²) in [5.74, 6) is -0.503. The summed E-state index contributed by atoms with van der Waals surface area (Å²) >= 11 is 0. The second-order valence-electron chi connectivity index (χ2n) is 4.48. The van der Waals surface area contributed by atoms with Crippen LogP contribution < -0.4 is 10.6 Å². The number of hydrogen-bond donors (Lipinski definition) is 1. The van der Waals surface area contributed by atoms with Gasteiger partial charge in [-0.1, -0.05) is 0 Å². The standard InChI is InChI=1S/C15H17FN4O/c1-3-20(4-2)15-18-12(9-13(19-15)14(17)21)10-5-7-11(16)8-6-10/h5-9H,3-4H2,1-2H3,(H2,17,21). The molecule has 110 valence electrons. The van der Waals surface area contributed by atoms with Crippen LogP contribution in [0, 0.1) is 5.82 Å². The minimum Gasteiger partial charge on any atom is -0.364 e. The van der Waals surface area contributed by atoms with Gasteiger partial charge in [-0.3, -0.25) is 4.79 Å². The van der Waals surface area contributed by atoms with E-state index < -0.39 is 5.91 Å². The van der Waals surface area contributed by atoms with Crippen molar-refractivity contribution in [2.24, 2.45) is 5.73 Å². The molecule has 0 saturated heterocycles. The molecule has 6 heteroatoms. The molecule has 2 N–H and O–H groups in total. The Labute approximate surface area is 122 Å². The average Bonchev–Trinajstić information content (AvgIpc) is 2.49. The molecular weight excluding hydrogens is 271 g/mol. The van der Waals surface area contributed by atoms with E-state index in [1.807, 2.05) is 18.7 Å². The van der Waals surface area contributed by atoms with Crippen molar-refractivity contribution >= 4 is 11.9 Å². The number of primary amides is 1. The Balaban J connectivity index is 2.54. The third kappa shape index (κ3) is 3.34. The highest BCUT2D eigenvalue weighted by molar-refractivity contribution is 5.92. The van der Waals surface area contributed by atoms with Crippen LogP contribution in [0.3, 0.4) is 0 Å². The van der Waals surface area contributed by atoms with Gasteiger partial charge in [0.1, 0.15) is 11.5 Å². The maximum absolute atomic E-state index is 13.0. The topological polar surface area (TPSA) is 72.1 Å². The molecule has 1 aromatic carbocycles. The summed E-state index contributed by atoms with van der Waals surface area (Å²) < 4.78 is 13.0. The van der Waals surface area contributed by atoms with E-state index in [1.54, 1.807) is 12.1 Å². The van der Waals surface area contributed by atoms with Crippen molar-refractivity contribution in [3.63, 3.8) is 0 Å². The van der Waals surface area contributed by atoms with Gasteiger partial charge in [0.2, 0.25) is 5.95 Å². The number of aromatic nitrogens is 2. The van der Waals surface area contributed by atoms with Gasteiger partial charge in [-0.15, -0.1) is 0 Å². The summed E-state index contributed by atoms with van der Waals surface area (Å²) in [6, 6.07) is 7.42. The zero-order chi connectivity index (χ0) is 15.4. The number of rotatable bonds is 5. The maximum Gasteiger partial charge on any atom is 0.267 e. The van der Waals surface area contributed by atoms with Crippen molar-refractivity contribution in [3.05, 3.63) is 41.8 Å². The van der Waals surface area contributed by atoms with E-state index in [0.29, 0.717) is 30.3 Å². The molecule has 1 heterocycles. The molecule has 0 bridgehead atoms. The summed E-state index contributed by atoms with van der Waals surface area (Å²) in [6.45, 7) is 5.37. The largest absolute Gasteiger partial charge is 0.364 e. The molecule has 1 amide bonds. The predicted octanol–water partition coefficient (Wildman–Crippen LogP) is 2.23. The molecule has 2 rings (SSSR count). The van der Waals surface area contributed by atoms with Crippen molar-refractivity contribution in [2.75, 3.05) is 18.0 Å². The van der Waals surface area contributed by atoms with E-state index in [1.165, 1.54) is 18.2 Å². The minimum atomic E-state index is -0.617. The van der Waals surface area contributed by atoms with Gasteiger partial charge in [0.25, 0.3) is 5.91 Å². The lowest BCUT2D eigenvalue weighted by molar-refractivity contribution is 0.0995. The first-order valence-corrected chi connectivity index (χ1v) is 6.75. The number of benzene rings is 1. The van der Waals surface area contributed by atoms with Crippen molar-refractivity contribution in [3.8, 4) is 11.3 Å². The SMILES string of the molecule is CCN(CC)c1nc(C(N)=O)cc(-c2ccc(F)cc2)n1. The number of nitrogens with zero attached hydrogens (tertiary/aromatic N) is 3. The molecule has 0 fully saturated rings. The average molecular weight is 288 g/mol. The number of nitrogens with two attached hydrogens (primary N) is 1. The van der Waals surface area contributed by atoms with Gasteiger partial charge in [0.15, 0.2) is 0 Å². The van der Waals surface area contributed by atoms with E-state index in [0.717, 1.165) is 0 Å². The number of anilines is 1. The second-order valence-corrected chi connectivity index (χ2v) is 4.48. The Morgan fingerprint density at radius 3 is 2.33 bits per heavy atom. The highest BCUT2D eigenvalue weighted by atomic mass is 19.1. The van der Waals surface area contributed by atoms with Gasteiger partial charge in [-0.2, -0.15) is 0 Å². The Bertz CT molecular complexity index is 639. The monoisotopic (exact) mass is 288 g/mol. The van der Waals surface area contributed by atoms with Crippen molar-refractivity contribution in [1.82, 2.24) is 9.97 Å². The third-order valence-electron chi connectivity index (χ3n) is 3.15. The van der Waals surface area contributed by atoms with Crippen LogP contribution in [0.15, 0.2) is 30.3 Å². The Kier molecular flexibility index (Phi) is 4.47. The van der Waals surface area contributed by atoms with Crippen LogP contribution in [0.1, 0.15) is 24.3 Å². The first-order chi connectivity index (χ1) is 10.0. The molecule has 0 saturated carbocycles. The Hall–Kier alpha value is -2.50. The number of halogens is 1. The quantitative estimate of drug-likeness (QED) is 0.915. The fourth-order valence-corrected chi connectivity index (χ4v) is 1.98. The van der Waals surface area contributed by atoms with Crippen LogP contribution in [0.2, 0.25) is 0 Å². The number of carbonyl (C=O) groups excluding carboxylic acids is 1. The molecular formula is C15H17FN4O. The van der Waals surface area contributed by atoms with Gasteiger partial charge in [-0.05, 0) is 44.2 Å². The molecule has 0 atom stereocenters. The molecule has 0 aliphatic heterocycles. The highest BCUT2D eigenvalue weighted by Crippen LogP contribution is 2.21.